The Morgan fingerprint density at radius 1 is 1.08 bits per heavy atom. The van der Waals surface area contributed by atoms with Gasteiger partial charge in [0.25, 0.3) is 5.91 Å². The summed E-state index contributed by atoms with van der Waals surface area (Å²) < 4.78 is 13.7. The van der Waals surface area contributed by atoms with Crippen molar-refractivity contribution in [1.29, 1.82) is 0 Å². The summed E-state index contributed by atoms with van der Waals surface area (Å²) in [4.78, 5) is 43.6. The van der Waals surface area contributed by atoms with E-state index in [1.807, 2.05) is 40.0 Å². The van der Waals surface area contributed by atoms with Crippen LogP contribution in [0.25, 0.3) is 10.9 Å². The van der Waals surface area contributed by atoms with Gasteiger partial charge in [0.1, 0.15) is 11.4 Å². The number of nitrogens with one attached hydrogen (secondary N) is 4. The number of ketones is 1. The third kappa shape index (κ3) is 4.51. The van der Waals surface area contributed by atoms with Crippen molar-refractivity contribution in [2.24, 2.45) is 5.41 Å². The van der Waals surface area contributed by atoms with Gasteiger partial charge in [-0.1, -0.05) is 19.9 Å². The minimum Gasteiger partial charge on any atom is -0.361 e. The molecule has 4 N–H and O–H groups in total. The molecule has 0 unspecified atom stereocenters. The molecule has 2 amide bonds. The van der Waals surface area contributed by atoms with Crippen LogP contribution in [0.4, 0.5) is 4.39 Å². The average molecular weight is 519 g/mol. The van der Waals surface area contributed by atoms with Crippen LogP contribution in [0.15, 0.2) is 30.5 Å². The fourth-order valence-electron chi connectivity index (χ4n) is 6.12. The van der Waals surface area contributed by atoms with Crippen molar-refractivity contribution in [3.63, 3.8) is 0 Å². The number of carbonyl (C=O) groups excluding carboxylic acids is 3. The zero-order valence-electron chi connectivity index (χ0n) is 22.4. The van der Waals surface area contributed by atoms with E-state index in [-0.39, 0.29) is 23.4 Å². The maximum absolute atomic E-state index is 13.8. The van der Waals surface area contributed by atoms with E-state index < -0.39 is 11.0 Å². The summed E-state index contributed by atoms with van der Waals surface area (Å²) in [5.41, 5.74) is 3.77. The molecule has 0 spiro atoms. The van der Waals surface area contributed by atoms with E-state index in [1.165, 1.54) is 12.1 Å². The number of halogens is 1. The van der Waals surface area contributed by atoms with Gasteiger partial charge in [0.05, 0.1) is 0 Å². The molecule has 5 rings (SSSR count). The van der Waals surface area contributed by atoms with Crippen LogP contribution in [0.3, 0.4) is 0 Å². The van der Waals surface area contributed by atoms with Crippen LogP contribution >= 0.6 is 0 Å². The first-order valence-corrected chi connectivity index (χ1v) is 13.3. The first kappa shape index (κ1) is 26.1. The Morgan fingerprint density at radius 3 is 2.55 bits per heavy atom. The van der Waals surface area contributed by atoms with Gasteiger partial charge in [0, 0.05) is 40.2 Å². The number of rotatable bonds is 6. The Hall–Kier alpha value is -3.52. The zero-order valence-corrected chi connectivity index (χ0v) is 22.4. The molecule has 2 aromatic carbocycles. The van der Waals surface area contributed by atoms with Gasteiger partial charge in [-0.05, 0) is 93.1 Å². The number of fused-ring (bicyclic) bond motifs is 2. The lowest BCUT2D eigenvalue weighted by Gasteiger charge is -2.37. The minimum atomic E-state index is -1.06. The highest BCUT2D eigenvalue weighted by Crippen LogP contribution is 2.41. The highest BCUT2D eigenvalue weighted by atomic mass is 19.1. The van der Waals surface area contributed by atoms with E-state index in [2.05, 4.69) is 20.9 Å². The molecule has 1 saturated heterocycles. The van der Waals surface area contributed by atoms with Gasteiger partial charge >= 0.3 is 0 Å². The van der Waals surface area contributed by atoms with E-state index in [4.69, 9.17) is 0 Å². The summed E-state index contributed by atoms with van der Waals surface area (Å²) in [7, 11) is 0. The summed E-state index contributed by atoms with van der Waals surface area (Å²) >= 11 is 0. The topological polar surface area (TPSA) is 103 Å². The van der Waals surface area contributed by atoms with Crippen LogP contribution in [0.2, 0.25) is 0 Å². The Bertz CT molecular complexity index is 1450. The maximum atomic E-state index is 13.8. The van der Waals surface area contributed by atoms with Crippen molar-refractivity contribution in [3.05, 3.63) is 69.7 Å². The van der Waals surface area contributed by atoms with Crippen molar-refractivity contribution in [2.45, 2.75) is 58.9 Å². The lowest BCUT2D eigenvalue weighted by atomic mass is 9.85. The number of piperidine rings is 1. The molecule has 0 bridgehead atoms. The smallest absolute Gasteiger partial charge is 0.252 e. The monoisotopic (exact) mass is 518 g/mol. The maximum Gasteiger partial charge on any atom is 0.252 e. The van der Waals surface area contributed by atoms with Crippen molar-refractivity contribution in [3.8, 4) is 0 Å². The molecule has 8 heteroatoms. The van der Waals surface area contributed by atoms with Gasteiger partial charge in [-0.15, -0.1) is 0 Å². The van der Waals surface area contributed by atoms with E-state index in [1.54, 1.807) is 6.07 Å². The number of aromatic nitrogens is 1. The number of aromatic amines is 1. The van der Waals surface area contributed by atoms with Crippen molar-refractivity contribution < 1.29 is 18.8 Å². The Morgan fingerprint density at radius 2 is 1.82 bits per heavy atom. The first-order valence-electron chi connectivity index (χ1n) is 13.3. The fraction of sp³-hybridized carbons (Fsp3) is 0.433. The van der Waals surface area contributed by atoms with E-state index >= 15 is 0 Å². The number of hydrogen-bond acceptors (Lipinski definition) is 4. The largest absolute Gasteiger partial charge is 0.361 e. The van der Waals surface area contributed by atoms with Crippen LogP contribution < -0.4 is 16.0 Å². The predicted octanol–water partition coefficient (Wildman–Crippen LogP) is 3.90. The molecule has 2 aliphatic rings. The number of carbonyl (C=O) groups is 3. The second-order valence-electron chi connectivity index (χ2n) is 11.4. The van der Waals surface area contributed by atoms with Gasteiger partial charge in [0.15, 0.2) is 5.78 Å². The number of H-pyrrole nitrogens is 1. The van der Waals surface area contributed by atoms with Gasteiger partial charge in [-0.3, -0.25) is 14.4 Å². The van der Waals surface area contributed by atoms with Gasteiger partial charge < -0.3 is 20.9 Å². The lowest BCUT2D eigenvalue weighted by molar-refractivity contribution is -0.128. The normalized spacial score (nSPS) is 17.9. The Labute approximate surface area is 222 Å². The number of amides is 2. The number of aryl methyl sites for hydroxylation is 2. The molecule has 2 heterocycles. The standard InChI is InChI=1S/C30H35FN4O3/c1-17-13-18(2)25(22-15-29(3,4)26(36)24(17)22)27(37)35-30(8-11-32-12-9-30)28(38)33-10-7-19-16-34-23-6-5-20(31)14-21(19)23/h5-6,13-14,16,32,34H,7-12,15H2,1-4H3,(H,33,38)(H,35,37). The first-order chi connectivity index (χ1) is 18.0. The summed E-state index contributed by atoms with van der Waals surface area (Å²) in [6.07, 6.45) is 3.78. The summed E-state index contributed by atoms with van der Waals surface area (Å²) in [6.45, 7) is 9.19. The van der Waals surface area contributed by atoms with Gasteiger partial charge in [-0.25, -0.2) is 4.39 Å². The fourth-order valence-corrected chi connectivity index (χ4v) is 6.12. The lowest BCUT2D eigenvalue weighted by Crippen LogP contribution is -2.63. The van der Waals surface area contributed by atoms with Gasteiger partial charge in [-0.2, -0.15) is 0 Å². The van der Waals surface area contributed by atoms with Crippen LogP contribution in [0, 0.1) is 25.1 Å². The molecule has 38 heavy (non-hydrogen) atoms. The molecule has 7 nitrogen and oxygen atoms in total. The third-order valence-corrected chi connectivity index (χ3v) is 8.17. The number of benzene rings is 2. The van der Waals surface area contributed by atoms with Crippen LogP contribution in [0.5, 0.6) is 0 Å². The van der Waals surface area contributed by atoms with Crippen molar-refractivity contribution in [2.75, 3.05) is 19.6 Å². The summed E-state index contributed by atoms with van der Waals surface area (Å²) in [6, 6.07) is 6.50. The predicted molar refractivity (Wildman–Crippen MR) is 145 cm³/mol. The minimum absolute atomic E-state index is 0.0607. The average Bonchev–Trinajstić information content (AvgIpc) is 3.36. The van der Waals surface area contributed by atoms with Crippen LogP contribution in [0.1, 0.15) is 69.7 Å². The van der Waals surface area contributed by atoms with Gasteiger partial charge in [0.2, 0.25) is 5.91 Å². The number of hydrogen-bond donors (Lipinski definition) is 4. The second-order valence-corrected chi connectivity index (χ2v) is 11.4. The van der Waals surface area contributed by atoms with E-state index in [9.17, 15) is 18.8 Å². The van der Waals surface area contributed by atoms with Crippen molar-refractivity contribution >= 4 is 28.5 Å². The molecular formula is C30H35FN4O3. The molecule has 1 aliphatic heterocycles. The summed E-state index contributed by atoms with van der Waals surface area (Å²) in [5, 5.41) is 10.2. The molecule has 1 aliphatic carbocycles. The molecule has 3 aromatic rings. The van der Waals surface area contributed by atoms with Crippen LogP contribution in [-0.2, 0) is 17.6 Å². The second kappa shape index (κ2) is 9.66. The molecule has 0 atom stereocenters. The molecular weight excluding hydrogens is 483 g/mol. The molecule has 0 radical (unpaired) electrons. The molecule has 1 aromatic heterocycles. The molecule has 200 valence electrons. The highest BCUT2D eigenvalue weighted by molar-refractivity contribution is 6.10. The molecule has 0 saturated carbocycles. The molecule has 1 fully saturated rings. The zero-order chi connectivity index (χ0) is 27.2. The quantitative estimate of drug-likeness (QED) is 0.397. The Kier molecular flexibility index (Phi) is 6.63. The van der Waals surface area contributed by atoms with Crippen LogP contribution in [-0.4, -0.2) is 47.8 Å². The number of Topliss-reactive ketones (excluding diaryl/α,β-unsaturated/α-hetero) is 1. The van der Waals surface area contributed by atoms with E-state index in [0.717, 1.165) is 33.2 Å². The van der Waals surface area contributed by atoms with E-state index in [0.29, 0.717) is 56.4 Å². The Balaban J connectivity index is 1.36. The van der Waals surface area contributed by atoms with Crippen molar-refractivity contribution in [1.82, 2.24) is 20.9 Å². The summed E-state index contributed by atoms with van der Waals surface area (Å²) in [5.74, 6) is -0.781. The highest BCUT2D eigenvalue weighted by Gasteiger charge is 2.44. The SMILES string of the molecule is Cc1cc(C)c2c(c1C(=O)NC1(C(=O)NCCc3c[nH]c4ccc(F)cc34)CCNCC1)CC(C)(C)C2=O. The third-order valence-electron chi connectivity index (χ3n) is 8.17.